The first-order valence-corrected chi connectivity index (χ1v) is 9.67. The number of carbonyl (C=O) groups is 1. The van der Waals surface area contributed by atoms with Crippen LogP contribution in [0.15, 0.2) is 35.2 Å². The lowest BCUT2D eigenvalue weighted by Gasteiger charge is -2.32. The molecular formula is C21H23N5O3. The van der Waals surface area contributed by atoms with E-state index in [1.165, 1.54) is 12.4 Å². The van der Waals surface area contributed by atoms with Gasteiger partial charge in [-0.1, -0.05) is 11.2 Å². The summed E-state index contributed by atoms with van der Waals surface area (Å²) < 4.78 is 5.29. The third kappa shape index (κ3) is 3.75. The van der Waals surface area contributed by atoms with E-state index in [1.54, 1.807) is 6.20 Å². The molecule has 1 fully saturated rings. The van der Waals surface area contributed by atoms with Crippen LogP contribution in [-0.2, 0) is 6.61 Å². The lowest BCUT2D eigenvalue weighted by Crippen LogP contribution is -2.39. The molecular weight excluding hydrogens is 370 g/mol. The number of hydrogen-bond donors (Lipinski definition) is 1. The average Bonchev–Trinajstić information content (AvgIpc) is 3.11. The summed E-state index contributed by atoms with van der Waals surface area (Å²) in [7, 11) is 0. The van der Waals surface area contributed by atoms with E-state index in [9.17, 15) is 9.90 Å². The highest BCUT2D eigenvalue weighted by molar-refractivity contribution is 5.92. The van der Waals surface area contributed by atoms with Gasteiger partial charge in [0.15, 0.2) is 0 Å². The minimum atomic E-state index is -0.116. The molecule has 0 aromatic carbocycles. The Hall–Kier alpha value is -3.13. The van der Waals surface area contributed by atoms with E-state index in [2.05, 4.69) is 15.1 Å². The van der Waals surface area contributed by atoms with Crippen molar-refractivity contribution in [3.05, 3.63) is 59.1 Å². The molecule has 8 heteroatoms. The number of aliphatic hydroxyl groups is 1. The summed E-state index contributed by atoms with van der Waals surface area (Å²) in [6.07, 6.45) is 6.41. The SMILES string of the molecule is Cc1noc(C)c1-c1nc(C2CCCN(C(=O)c3cnccn3)C2)ccc1CO. The van der Waals surface area contributed by atoms with Crippen LogP contribution in [-0.4, -0.2) is 49.1 Å². The molecule has 150 valence electrons. The molecule has 1 amide bonds. The van der Waals surface area contributed by atoms with Crippen molar-refractivity contribution in [1.82, 2.24) is 25.0 Å². The predicted molar refractivity (Wildman–Crippen MR) is 105 cm³/mol. The van der Waals surface area contributed by atoms with Crippen molar-refractivity contribution >= 4 is 5.91 Å². The second kappa shape index (κ2) is 8.08. The molecule has 3 aromatic rings. The molecule has 8 nitrogen and oxygen atoms in total. The summed E-state index contributed by atoms with van der Waals surface area (Å²) in [5.41, 5.74) is 4.23. The quantitative estimate of drug-likeness (QED) is 0.726. The summed E-state index contributed by atoms with van der Waals surface area (Å²) in [6.45, 7) is 4.85. The number of carbonyl (C=O) groups excluding carboxylic acids is 1. The first kappa shape index (κ1) is 19.2. The topological polar surface area (TPSA) is 105 Å². The van der Waals surface area contributed by atoms with Gasteiger partial charge in [0.1, 0.15) is 11.5 Å². The maximum Gasteiger partial charge on any atom is 0.274 e. The third-order valence-corrected chi connectivity index (χ3v) is 5.35. The molecule has 0 bridgehead atoms. The Morgan fingerprint density at radius 3 is 2.86 bits per heavy atom. The maximum absolute atomic E-state index is 12.8. The second-order valence-electron chi connectivity index (χ2n) is 7.28. The fraction of sp³-hybridized carbons (Fsp3) is 0.381. The van der Waals surface area contributed by atoms with E-state index in [0.29, 0.717) is 30.2 Å². The van der Waals surface area contributed by atoms with E-state index in [4.69, 9.17) is 9.51 Å². The van der Waals surface area contributed by atoms with Gasteiger partial charge in [-0.3, -0.25) is 14.8 Å². The number of aryl methyl sites for hydroxylation is 2. The number of nitrogens with zero attached hydrogens (tertiary/aromatic N) is 5. The number of aromatic nitrogens is 4. The van der Waals surface area contributed by atoms with Crippen molar-refractivity contribution in [2.45, 2.75) is 39.2 Å². The standard InChI is InChI=1S/C21H23N5O3/c1-13-19(14(2)29-25-13)20-16(12-27)5-6-17(24-20)15-4-3-9-26(11-15)21(28)18-10-22-7-8-23-18/h5-8,10,15,27H,3-4,9,11-12H2,1-2H3. The molecule has 1 aliphatic rings. The second-order valence-corrected chi connectivity index (χ2v) is 7.28. The summed E-state index contributed by atoms with van der Waals surface area (Å²) in [5, 5.41) is 13.8. The van der Waals surface area contributed by atoms with Crippen LogP contribution in [0, 0.1) is 13.8 Å². The van der Waals surface area contributed by atoms with Crippen molar-refractivity contribution in [1.29, 1.82) is 0 Å². The van der Waals surface area contributed by atoms with E-state index >= 15 is 0 Å². The molecule has 0 saturated carbocycles. The summed E-state index contributed by atoms with van der Waals surface area (Å²) >= 11 is 0. The Bertz CT molecular complexity index is 999. The monoisotopic (exact) mass is 393 g/mol. The van der Waals surface area contributed by atoms with Gasteiger partial charge in [-0.05, 0) is 32.8 Å². The first-order valence-electron chi connectivity index (χ1n) is 9.67. The van der Waals surface area contributed by atoms with Gasteiger partial charge < -0.3 is 14.5 Å². The van der Waals surface area contributed by atoms with Crippen molar-refractivity contribution in [3.63, 3.8) is 0 Å². The van der Waals surface area contributed by atoms with Gasteiger partial charge in [0.2, 0.25) is 0 Å². The Kier molecular flexibility index (Phi) is 5.35. The lowest BCUT2D eigenvalue weighted by atomic mass is 9.92. The molecule has 0 aliphatic carbocycles. The summed E-state index contributed by atoms with van der Waals surface area (Å²) in [5.74, 6) is 0.669. The molecule has 4 heterocycles. The van der Waals surface area contributed by atoms with E-state index in [-0.39, 0.29) is 18.4 Å². The molecule has 1 unspecified atom stereocenters. The van der Waals surface area contributed by atoms with Gasteiger partial charge in [-0.15, -0.1) is 0 Å². The van der Waals surface area contributed by atoms with E-state index in [0.717, 1.165) is 35.4 Å². The molecule has 1 N–H and O–H groups in total. The Morgan fingerprint density at radius 2 is 2.17 bits per heavy atom. The zero-order valence-electron chi connectivity index (χ0n) is 16.5. The van der Waals surface area contributed by atoms with Crippen LogP contribution >= 0.6 is 0 Å². The van der Waals surface area contributed by atoms with Gasteiger partial charge in [-0.25, -0.2) is 4.98 Å². The number of amides is 1. The van der Waals surface area contributed by atoms with Crippen molar-refractivity contribution in [3.8, 4) is 11.3 Å². The first-order chi connectivity index (χ1) is 14.1. The van der Waals surface area contributed by atoms with Crippen LogP contribution in [0.1, 0.15) is 52.0 Å². The largest absolute Gasteiger partial charge is 0.392 e. The highest BCUT2D eigenvalue weighted by Crippen LogP contribution is 2.32. The van der Waals surface area contributed by atoms with Crippen LogP contribution in [0.5, 0.6) is 0 Å². The third-order valence-electron chi connectivity index (χ3n) is 5.35. The van der Waals surface area contributed by atoms with Crippen molar-refractivity contribution in [2.75, 3.05) is 13.1 Å². The van der Waals surface area contributed by atoms with Crippen LogP contribution in [0.4, 0.5) is 0 Å². The van der Waals surface area contributed by atoms with E-state index < -0.39 is 0 Å². The van der Waals surface area contributed by atoms with Gasteiger partial charge in [0.05, 0.1) is 29.8 Å². The van der Waals surface area contributed by atoms with Crippen LogP contribution in [0.2, 0.25) is 0 Å². The average molecular weight is 393 g/mol. The number of pyridine rings is 1. The number of aliphatic hydroxyl groups excluding tert-OH is 1. The van der Waals surface area contributed by atoms with Crippen LogP contribution in [0.3, 0.4) is 0 Å². The molecule has 1 aliphatic heterocycles. The lowest BCUT2D eigenvalue weighted by molar-refractivity contribution is 0.0699. The minimum absolute atomic E-state index is 0.108. The Balaban J connectivity index is 1.63. The summed E-state index contributed by atoms with van der Waals surface area (Å²) in [6, 6.07) is 3.83. The molecule has 0 radical (unpaired) electrons. The molecule has 1 atom stereocenters. The molecule has 0 spiro atoms. The zero-order valence-corrected chi connectivity index (χ0v) is 16.5. The van der Waals surface area contributed by atoms with Crippen LogP contribution < -0.4 is 0 Å². The Morgan fingerprint density at radius 1 is 1.31 bits per heavy atom. The number of hydrogen-bond acceptors (Lipinski definition) is 7. The summed E-state index contributed by atoms with van der Waals surface area (Å²) in [4.78, 5) is 27.6. The fourth-order valence-electron chi connectivity index (χ4n) is 3.87. The maximum atomic E-state index is 12.8. The van der Waals surface area contributed by atoms with Crippen LogP contribution in [0.25, 0.3) is 11.3 Å². The minimum Gasteiger partial charge on any atom is -0.392 e. The normalized spacial score (nSPS) is 16.8. The molecule has 4 rings (SSSR count). The Labute approximate surface area is 168 Å². The van der Waals surface area contributed by atoms with E-state index in [1.807, 2.05) is 30.9 Å². The van der Waals surface area contributed by atoms with Gasteiger partial charge in [0.25, 0.3) is 5.91 Å². The van der Waals surface area contributed by atoms with Gasteiger partial charge in [-0.2, -0.15) is 0 Å². The number of rotatable bonds is 4. The van der Waals surface area contributed by atoms with Gasteiger partial charge in [0, 0.05) is 42.7 Å². The fourth-order valence-corrected chi connectivity index (χ4v) is 3.87. The number of piperidine rings is 1. The highest BCUT2D eigenvalue weighted by atomic mass is 16.5. The molecule has 29 heavy (non-hydrogen) atoms. The molecule has 1 saturated heterocycles. The molecule has 3 aromatic heterocycles. The van der Waals surface area contributed by atoms with Crippen molar-refractivity contribution < 1.29 is 14.4 Å². The smallest absolute Gasteiger partial charge is 0.274 e. The highest BCUT2D eigenvalue weighted by Gasteiger charge is 2.28. The predicted octanol–water partition coefficient (Wildman–Crippen LogP) is 2.66. The van der Waals surface area contributed by atoms with Crippen molar-refractivity contribution in [2.24, 2.45) is 0 Å². The zero-order chi connectivity index (χ0) is 20.4. The number of likely N-dealkylation sites (tertiary alicyclic amines) is 1. The van der Waals surface area contributed by atoms with Gasteiger partial charge >= 0.3 is 0 Å².